The fourth-order valence-electron chi connectivity index (χ4n) is 2.42. The lowest BCUT2D eigenvalue weighted by Crippen LogP contribution is -2.29. The molecular weight excluding hydrogens is 248 g/mol. The van der Waals surface area contributed by atoms with Crippen LogP contribution in [-0.4, -0.2) is 7.11 Å². The summed E-state index contributed by atoms with van der Waals surface area (Å²) in [5, 5.41) is 0. The van der Waals surface area contributed by atoms with Gasteiger partial charge in [-0.3, -0.25) is 5.84 Å². The molecule has 0 aliphatic rings. The lowest BCUT2D eigenvalue weighted by atomic mass is 9.95. The van der Waals surface area contributed by atoms with Crippen molar-refractivity contribution in [1.82, 2.24) is 5.43 Å². The number of rotatable bonds is 5. The average molecular weight is 270 g/mol. The summed E-state index contributed by atoms with van der Waals surface area (Å²) in [6.45, 7) is 4.20. The Morgan fingerprint density at radius 2 is 2.00 bits per heavy atom. The fourth-order valence-corrected chi connectivity index (χ4v) is 2.42. The maximum atomic E-state index is 5.78. The largest absolute Gasteiger partial charge is 0.496 e. The molecule has 0 aromatic heterocycles. The summed E-state index contributed by atoms with van der Waals surface area (Å²) in [5.41, 5.74) is 7.57. The Hall–Kier alpha value is -1.84. The van der Waals surface area contributed by atoms with Crippen molar-refractivity contribution in [2.75, 3.05) is 7.11 Å². The van der Waals surface area contributed by atoms with Crippen LogP contribution >= 0.6 is 0 Å². The molecule has 2 aromatic carbocycles. The number of hydrazine groups is 1. The highest BCUT2D eigenvalue weighted by Crippen LogP contribution is 2.30. The Kier molecular flexibility index (Phi) is 4.77. The van der Waals surface area contributed by atoms with E-state index in [0.717, 1.165) is 23.3 Å². The van der Waals surface area contributed by atoms with Gasteiger partial charge in [-0.2, -0.15) is 0 Å². The van der Waals surface area contributed by atoms with Crippen LogP contribution in [-0.2, 0) is 6.42 Å². The van der Waals surface area contributed by atoms with Crippen LogP contribution < -0.4 is 16.0 Å². The molecule has 0 heterocycles. The van der Waals surface area contributed by atoms with E-state index >= 15 is 0 Å². The number of hydrogen-bond acceptors (Lipinski definition) is 3. The molecule has 3 nitrogen and oxygen atoms in total. The predicted molar refractivity (Wildman–Crippen MR) is 82.7 cm³/mol. The first-order valence-corrected chi connectivity index (χ1v) is 6.89. The third-order valence-electron chi connectivity index (χ3n) is 3.56. The standard InChI is InChI=1S/C17H22N2O/c1-4-13-6-5-7-14(11-13)17(19-18)15-9-8-12(2)10-16(15)20-3/h5-11,17,19H,4,18H2,1-3H3. The van der Waals surface area contributed by atoms with E-state index in [4.69, 9.17) is 10.6 Å². The van der Waals surface area contributed by atoms with E-state index in [2.05, 4.69) is 55.7 Å². The summed E-state index contributed by atoms with van der Waals surface area (Å²) in [7, 11) is 1.69. The molecule has 106 valence electrons. The summed E-state index contributed by atoms with van der Waals surface area (Å²) in [5.74, 6) is 6.64. The predicted octanol–water partition coefficient (Wildman–Crippen LogP) is 3.12. The molecule has 3 N–H and O–H groups in total. The molecule has 0 bridgehead atoms. The van der Waals surface area contributed by atoms with Crippen LogP contribution in [0, 0.1) is 6.92 Å². The lowest BCUT2D eigenvalue weighted by Gasteiger charge is -2.20. The maximum Gasteiger partial charge on any atom is 0.124 e. The monoisotopic (exact) mass is 270 g/mol. The molecular formula is C17H22N2O. The first kappa shape index (κ1) is 14.6. The summed E-state index contributed by atoms with van der Waals surface area (Å²) < 4.78 is 5.49. The van der Waals surface area contributed by atoms with Crippen molar-refractivity contribution >= 4 is 0 Å². The van der Waals surface area contributed by atoms with Crippen LogP contribution in [0.15, 0.2) is 42.5 Å². The molecule has 0 radical (unpaired) electrons. The number of nitrogens with one attached hydrogen (secondary N) is 1. The van der Waals surface area contributed by atoms with E-state index in [9.17, 15) is 0 Å². The molecule has 0 aliphatic carbocycles. The van der Waals surface area contributed by atoms with Gasteiger partial charge in [0.15, 0.2) is 0 Å². The third kappa shape index (κ3) is 3.00. The SMILES string of the molecule is CCc1cccc(C(NN)c2ccc(C)cc2OC)c1. The Morgan fingerprint density at radius 1 is 1.20 bits per heavy atom. The van der Waals surface area contributed by atoms with Crippen LogP contribution in [0.5, 0.6) is 5.75 Å². The molecule has 3 heteroatoms. The van der Waals surface area contributed by atoms with Crippen molar-refractivity contribution in [3.63, 3.8) is 0 Å². The number of ether oxygens (including phenoxy) is 1. The first-order chi connectivity index (χ1) is 9.69. The first-order valence-electron chi connectivity index (χ1n) is 6.89. The number of hydrogen-bond donors (Lipinski definition) is 2. The van der Waals surface area contributed by atoms with Crippen LogP contribution in [0.2, 0.25) is 0 Å². The van der Waals surface area contributed by atoms with Gasteiger partial charge in [0.25, 0.3) is 0 Å². The topological polar surface area (TPSA) is 47.3 Å². The zero-order chi connectivity index (χ0) is 14.5. The van der Waals surface area contributed by atoms with Crippen molar-refractivity contribution in [2.24, 2.45) is 5.84 Å². The van der Waals surface area contributed by atoms with Crippen molar-refractivity contribution in [3.8, 4) is 5.75 Å². The molecule has 2 rings (SSSR count). The number of benzene rings is 2. The Balaban J connectivity index is 2.46. The van der Waals surface area contributed by atoms with E-state index in [1.165, 1.54) is 11.1 Å². The van der Waals surface area contributed by atoms with Gasteiger partial charge < -0.3 is 4.74 Å². The minimum atomic E-state index is -0.0722. The minimum Gasteiger partial charge on any atom is -0.496 e. The van der Waals surface area contributed by atoms with Crippen LogP contribution in [0.4, 0.5) is 0 Å². The van der Waals surface area contributed by atoms with Gasteiger partial charge in [-0.05, 0) is 36.1 Å². The third-order valence-corrected chi connectivity index (χ3v) is 3.56. The van der Waals surface area contributed by atoms with Gasteiger partial charge in [0.2, 0.25) is 0 Å². The molecule has 0 saturated carbocycles. The van der Waals surface area contributed by atoms with E-state index in [1.807, 2.05) is 6.07 Å². The highest BCUT2D eigenvalue weighted by Gasteiger charge is 2.17. The van der Waals surface area contributed by atoms with E-state index in [-0.39, 0.29) is 6.04 Å². The molecule has 0 fully saturated rings. The normalized spacial score (nSPS) is 12.2. The zero-order valence-corrected chi connectivity index (χ0v) is 12.3. The van der Waals surface area contributed by atoms with E-state index in [1.54, 1.807) is 7.11 Å². The van der Waals surface area contributed by atoms with E-state index < -0.39 is 0 Å². The molecule has 1 unspecified atom stereocenters. The Morgan fingerprint density at radius 3 is 2.65 bits per heavy atom. The maximum absolute atomic E-state index is 5.78. The van der Waals surface area contributed by atoms with E-state index in [0.29, 0.717) is 0 Å². The van der Waals surface area contributed by atoms with Crippen LogP contribution in [0.1, 0.15) is 35.2 Å². The van der Waals surface area contributed by atoms with Gasteiger partial charge in [0.05, 0.1) is 13.2 Å². The highest BCUT2D eigenvalue weighted by molar-refractivity contribution is 5.44. The van der Waals surface area contributed by atoms with Crippen LogP contribution in [0.25, 0.3) is 0 Å². The van der Waals surface area contributed by atoms with Crippen LogP contribution in [0.3, 0.4) is 0 Å². The molecule has 0 amide bonds. The summed E-state index contributed by atoms with van der Waals surface area (Å²) in [6.07, 6.45) is 1.01. The van der Waals surface area contributed by atoms with Gasteiger partial charge in [-0.1, -0.05) is 43.3 Å². The van der Waals surface area contributed by atoms with Gasteiger partial charge >= 0.3 is 0 Å². The summed E-state index contributed by atoms with van der Waals surface area (Å²) in [6, 6.07) is 14.6. The highest BCUT2D eigenvalue weighted by atomic mass is 16.5. The average Bonchev–Trinajstić information content (AvgIpc) is 2.49. The molecule has 0 saturated heterocycles. The summed E-state index contributed by atoms with van der Waals surface area (Å²) in [4.78, 5) is 0. The second-order valence-electron chi connectivity index (χ2n) is 4.94. The van der Waals surface area contributed by atoms with Crippen molar-refractivity contribution in [3.05, 3.63) is 64.7 Å². The second kappa shape index (κ2) is 6.55. The molecule has 2 aromatic rings. The molecule has 0 spiro atoms. The van der Waals surface area contributed by atoms with Crippen molar-refractivity contribution in [2.45, 2.75) is 26.3 Å². The van der Waals surface area contributed by atoms with Crippen molar-refractivity contribution < 1.29 is 4.74 Å². The Labute approximate surface area is 120 Å². The summed E-state index contributed by atoms with van der Waals surface area (Å²) >= 11 is 0. The van der Waals surface area contributed by atoms with Gasteiger partial charge in [0.1, 0.15) is 5.75 Å². The van der Waals surface area contributed by atoms with Gasteiger partial charge in [-0.15, -0.1) is 0 Å². The smallest absolute Gasteiger partial charge is 0.124 e. The molecule has 1 atom stereocenters. The minimum absolute atomic E-state index is 0.0722. The van der Waals surface area contributed by atoms with Crippen molar-refractivity contribution in [1.29, 1.82) is 0 Å². The van der Waals surface area contributed by atoms with Gasteiger partial charge in [-0.25, -0.2) is 5.43 Å². The second-order valence-corrected chi connectivity index (χ2v) is 4.94. The molecule has 20 heavy (non-hydrogen) atoms. The Bertz CT molecular complexity index is 581. The zero-order valence-electron chi connectivity index (χ0n) is 12.3. The quantitative estimate of drug-likeness (QED) is 0.648. The molecule has 0 aliphatic heterocycles. The number of aryl methyl sites for hydroxylation is 2. The number of methoxy groups -OCH3 is 1. The lowest BCUT2D eigenvalue weighted by molar-refractivity contribution is 0.404. The van der Waals surface area contributed by atoms with Gasteiger partial charge in [0, 0.05) is 5.56 Å². The fraction of sp³-hybridized carbons (Fsp3) is 0.294. The number of nitrogens with two attached hydrogens (primary N) is 1.